The van der Waals surface area contributed by atoms with Crippen molar-refractivity contribution in [2.45, 2.75) is 5.03 Å². The van der Waals surface area contributed by atoms with Crippen molar-refractivity contribution in [2.75, 3.05) is 4.72 Å². The fourth-order valence-corrected chi connectivity index (χ4v) is 2.49. The quantitative estimate of drug-likeness (QED) is 0.909. The van der Waals surface area contributed by atoms with E-state index in [1.807, 2.05) is 0 Å². The molecule has 0 spiro atoms. The molecule has 2 N–H and O–H groups in total. The Bertz CT molecular complexity index is 628. The van der Waals surface area contributed by atoms with E-state index in [1.54, 1.807) is 0 Å². The highest BCUT2D eigenvalue weighted by Crippen LogP contribution is 2.22. The lowest BCUT2D eigenvalue weighted by atomic mass is 10.3. The minimum absolute atomic E-state index is 0.128. The molecular formula is C9H7BrFN3O2S. The van der Waals surface area contributed by atoms with Crippen molar-refractivity contribution in [3.8, 4) is 0 Å². The van der Waals surface area contributed by atoms with Crippen molar-refractivity contribution in [2.24, 2.45) is 0 Å². The number of aromatic nitrogens is 2. The van der Waals surface area contributed by atoms with Crippen molar-refractivity contribution in [3.05, 3.63) is 41.0 Å². The van der Waals surface area contributed by atoms with E-state index >= 15 is 0 Å². The molecule has 0 aliphatic rings. The number of rotatable bonds is 3. The Morgan fingerprint density at radius 1 is 1.41 bits per heavy atom. The number of hydrogen-bond donors (Lipinski definition) is 2. The Balaban J connectivity index is 2.36. The molecule has 0 aliphatic heterocycles. The van der Waals surface area contributed by atoms with Crippen LogP contribution in [0.25, 0.3) is 0 Å². The highest BCUT2D eigenvalue weighted by Gasteiger charge is 2.17. The van der Waals surface area contributed by atoms with Crippen LogP contribution < -0.4 is 4.72 Å². The van der Waals surface area contributed by atoms with E-state index in [-0.39, 0.29) is 10.7 Å². The third kappa shape index (κ3) is 2.64. The van der Waals surface area contributed by atoms with Gasteiger partial charge >= 0.3 is 0 Å². The summed E-state index contributed by atoms with van der Waals surface area (Å²) < 4.78 is 39.6. The highest BCUT2D eigenvalue weighted by atomic mass is 79.9. The Labute approximate surface area is 105 Å². The van der Waals surface area contributed by atoms with E-state index < -0.39 is 15.8 Å². The first-order valence-corrected chi connectivity index (χ1v) is 6.73. The van der Waals surface area contributed by atoms with Gasteiger partial charge in [-0.15, -0.1) is 0 Å². The molecule has 1 heterocycles. The largest absolute Gasteiger partial charge is 0.334 e. The zero-order chi connectivity index (χ0) is 12.5. The Morgan fingerprint density at radius 2 is 2.18 bits per heavy atom. The number of imidazole rings is 1. The van der Waals surface area contributed by atoms with Crippen LogP contribution in [0.4, 0.5) is 10.1 Å². The lowest BCUT2D eigenvalue weighted by Gasteiger charge is -2.07. The summed E-state index contributed by atoms with van der Waals surface area (Å²) in [5, 5.41) is -0.128. The Kier molecular flexibility index (Phi) is 3.16. The van der Waals surface area contributed by atoms with E-state index in [4.69, 9.17) is 0 Å². The van der Waals surface area contributed by atoms with Crippen LogP contribution in [0.2, 0.25) is 0 Å². The molecule has 1 aromatic carbocycles. The van der Waals surface area contributed by atoms with Gasteiger partial charge in [-0.2, -0.15) is 8.42 Å². The summed E-state index contributed by atoms with van der Waals surface area (Å²) in [5.74, 6) is -0.656. The summed E-state index contributed by atoms with van der Waals surface area (Å²) >= 11 is 3.13. The van der Waals surface area contributed by atoms with Gasteiger partial charge in [0.25, 0.3) is 10.0 Å². The van der Waals surface area contributed by atoms with Crippen LogP contribution in [0.3, 0.4) is 0 Å². The Hall–Kier alpha value is -1.41. The summed E-state index contributed by atoms with van der Waals surface area (Å²) in [4.78, 5) is 6.03. The molecule has 0 radical (unpaired) electrons. The molecule has 17 heavy (non-hydrogen) atoms. The molecule has 1 aromatic heterocycles. The van der Waals surface area contributed by atoms with Crippen molar-refractivity contribution < 1.29 is 12.8 Å². The smallest absolute Gasteiger partial charge is 0.279 e. The number of H-pyrrole nitrogens is 1. The monoisotopic (exact) mass is 319 g/mol. The minimum atomic E-state index is -3.84. The number of hydrogen-bond acceptors (Lipinski definition) is 3. The molecule has 2 aromatic rings. The first-order valence-electron chi connectivity index (χ1n) is 4.45. The maximum Gasteiger partial charge on any atom is 0.279 e. The second-order valence-corrected chi connectivity index (χ2v) is 5.71. The van der Waals surface area contributed by atoms with E-state index in [0.717, 1.165) is 12.3 Å². The van der Waals surface area contributed by atoms with Gasteiger partial charge in [-0.3, -0.25) is 4.72 Å². The summed E-state index contributed by atoms with van der Waals surface area (Å²) in [6.45, 7) is 0. The van der Waals surface area contributed by atoms with Gasteiger partial charge in [-0.1, -0.05) is 15.9 Å². The van der Waals surface area contributed by atoms with Crippen LogP contribution in [0.1, 0.15) is 0 Å². The van der Waals surface area contributed by atoms with Crippen molar-refractivity contribution >= 4 is 31.6 Å². The summed E-state index contributed by atoms with van der Waals surface area (Å²) in [6, 6.07) is 3.97. The van der Waals surface area contributed by atoms with Crippen molar-refractivity contribution in [1.29, 1.82) is 0 Å². The molecule has 2 rings (SSSR count). The maximum atomic E-state index is 13.4. The molecular weight excluding hydrogens is 313 g/mol. The lowest BCUT2D eigenvalue weighted by Crippen LogP contribution is -2.14. The Morgan fingerprint density at radius 3 is 2.82 bits per heavy atom. The van der Waals surface area contributed by atoms with Crippen molar-refractivity contribution in [3.63, 3.8) is 0 Å². The third-order valence-corrected chi connectivity index (χ3v) is 3.72. The lowest BCUT2D eigenvalue weighted by molar-refractivity contribution is 0.595. The predicted octanol–water partition coefficient (Wildman–Crippen LogP) is 2.11. The third-order valence-electron chi connectivity index (χ3n) is 1.94. The number of nitrogens with zero attached hydrogens (tertiary/aromatic N) is 1. The standard InChI is InChI=1S/C9H7BrFN3O2S/c10-6-1-2-7(11)8(3-6)14-17(15,16)9-4-12-5-13-9/h1-5,14H,(H,12,13). The molecule has 5 nitrogen and oxygen atoms in total. The zero-order valence-corrected chi connectivity index (χ0v) is 10.7. The number of sulfonamides is 1. The second kappa shape index (κ2) is 4.46. The number of halogens is 2. The zero-order valence-electron chi connectivity index (χ0n) is 8.31. The van der Waals surface area contributed by atoms with E-state index in [0.29, 0.717) is 4.47 Å². The molecule has 0 bridgehead atoms. The van der Waals surface area contributed by atoms with Crippen LogP contribution in [0, 0.1) is 5.82 Å². The molecule has 0 saturated carbocycles. The molecule has 0 saturated heterocycles. The average Bonchev–Trinajstić information content (AvgIpc) is 2.77. The number of benzene rings is 1. The van der Waals surface area contributed by atoms with Gasteiger partial charge in [-0.05, 0) is 18.2 Å². The molecule has 0 fully saturated rings. The fraction of sp³-hybridized carbons (Fsp3) is 0. The van der Waals surface area contributed by atoms with Gasteiger partial charge in [0, 0.05) is 4.47 Å². The van der Waals surface area contributed by atoms with Crippen LogP contribution >= 0.6 is 15.9 Å². The fourth-order valence-electron chi connectivity index (χ4n) is 1.17. The molecule has 8 heteroatoms. The maximum absolute atomic E-state index is 13.4. The highest BCUT2D eigenvalue weighted by molar-refractivity contribution is 9.10. The van der Waals surface area contributed by atoms with Crippen LogP contribution in [0.5, 0.6) is 0 Å². The summed E-state index contributed by atoms with van der Waals surface area (Å²) in [5.41, 5.74) is -0.131. The van der Waals surface area contributed by atoms with E-state index in [9.17, 15) is 12.8 Å². The average molecular weight is 320 g/mol. The topological polar surface area (TPSA) is 74.8 Å². The molecule has 0 atom stereocenters. The number of anilines is 1. The molecule has 0 aliphatic carbocycles. The second-order valence-electron chi connectivity index (χ2n) is 3.15. The van der Waals surface area contributed by atoms with Gasteiger partial charge in [0.1, 0.15) is 5.82 Å². The first kappa shape index (κ1) is 12.1. The predicted molar refractivity (Wildman–Crippen MR) is 63.5 cm³/mol. The number of nitrogens with one attached hydrogen (secondary N) is 2. The molecule has 0 amide bonds. The van der Waals surface area contributed by atoms with Gasteiger partial charge in [0.2, 0.25) is 0 Å². The van der Waals surface area contributed by atoms with E-state index in [2.05, 4.69) is 30.6 Å². The van der Waals surface area contributed by atoms with Crippen LogP contribution in [0.15, 0.2) is 40.2 Å². The van der Waals surface area contributed by atoms with Crippen molar-refractivity contribution in [1.82, 2.24) is 9.97 Å². The molecule has 0 unspecified atom stereocenters. The summed E-state index contributed by atoms with van der Waals surface area (Å²) in [7, 11) is -3.84. The van der Waals surface area contributed by atoms with Crippen LogP contribution in [-0.4, -0.2) is 18.4 Å². The first-order chi connectivity index (χ1) is 7.99. The number of aromatic amines is 1. The van der Waals surface area contributed by atoms with Gasteiger partial charge < -0.3 is 4.98 Å². The SMILES string of the molecule is O=S(=O)(Nc1cc(Br)ccc1F)c1cnc[nH]1. The van der Waals surface area contributed by atoms with Gasteiger partial charge in [-0.25, -0.2) is 9.37 Å². The van der Waals surface area contributed by atoms with Gasteiger partial charge in [0.15, 0.2) is 5.03 Å². The van der Waals surface area contributed by atoms with Crippen LogP contribution in [-0.2, 0) is 10.0 Å². The van der Waals surface area contributed by atoms with Gasteiger partial charge in [0.05, 0.1) is 18.2 Å². The minimum Gasteiger partial charge on any atom is -0.334 e. The normalized spacial score (nSPS) is 11.4. The van der Waals surface area contributed by atoms with E-state index in [1.165, 1.54) is 18.5 Å². The molecule has 90 valence electrons. The summed E-state index contributed by atoms with van der Waals surface area (Å²) in [6.07, 6.45) is 2.37.